The number of piperidine rings is 1. The molecular formula is C17H35N3. The first-order valence-electron chi connectivity index (χ1n) is 8.92. The van der Waals surface area contributed by atoms with Crippen molar-refractivity contribution in [3.05, 3.63) is 0 Å². The number of likely N-dealkylation sites (tertiary alicyclic amines) is 1. The molecule has 118 valence electrons. The Kier molecular flexibility index (Phi) is 6.79. The van der Waals surface area contributed by atoms with Crippen LogP contribution in [0.4, 0.5) is 0 Å². The van der Waals surface area contributed by atoms with E-state index in [-0.39, 0.29) is 0 Å². The van der Waals surface area contributed by atoms with Crippen molar-refractivity contribution in [2.45, 2.75) is 77.4 Å². The molecular weight excluding hydrogens is 246 g/mol. The quantitative estimate of drug-likeness (QED) is 0.836. The van der Waals surface area contributed by atoms with Gasteiger partial charge in [0.25, 0.3) is 0 Å². The zero-order valence-corrected chi connectivity index (χ0v) is 13.9. The van der Waals surface area contributed by atoms with Crippen molar-refractivity contribution in [2.24, 2.45) is 0 Å². The summed E-state index contributed by atoms with van der Waals surface area (Å²) in [5.41, 5.74) is 0. The first-order chi connectivity index (χ1) is 9.70. The SMILES string of the molecule is CCN1CCCC(N(CC2CCCCN2)C(C)C)CC1. The lowest BCUT2D eigenvalue weighted by Gasteiger charge is -2.38. The molecule has 2 unspecified atom stereocenters. The van der Waals surface area contributed by atoms with Crippen LogP contribution in [0.25, 0.3) is 0 Å². The van der Waals surface area contributed by atoms with Crippen molar-refractivity contribution in [2.75, 3.05) is 32.7 Å². The summed E-state index contributed by atoms with van der Waals surface area (Å²) in [4.78, 5) is 5.42. The molecule has 3 heteroatoms. The monoisotopic (exact) mass is 281 g/mol. The van der Waals surface area contributed by atoms with E-state index in [9.17, 15) is 0 Å². The van der Waals surface area contributed by atoms with Crippen molar-refractivity contribution in [3.63, 3.8) is 0 Å². The van der Waals surface area contributed by atoms with Crippen LogP contribution < -0.4 is 5.32 Å². The lowest BCUT2D eigenvalue weighted by atomic mass is 10.0. The smallest absolute Gasteiger partial charge is 0.0195 e. The van der Waals surface area contributed by atoms with E-state index in [4.69, 9.17) is 0 Å². The van der Waals surface area contributed by atoms with Gasteiger partial charge in [-0.05, 0) is 72.1 Å². The fourth-order valence-corrected chi connectivity index (χ4v) is 3.90. The summed E-state index contributed by atoms with van der Waals surface area (Å²) in [5.74, 6) is 0. The van der Waals surface area contributed by atoms with Gasteiger partial charge in [-0.2, -0.15) is 0 Å². The van der Waals surface area contributed by atoms with Crippen LogP contribution in [0.3, 0.4) is 0 Å². The van der Waals surface area contributed by atoms with Crippen molar-refractivity contribution in [3.8, 4) is 0 Å². The Labute approximate surface area is 126 Å². The van der Waals surface area contributed by atoms with Crippen molar-refractivity contribution in [1.29, 1.82) is 0 Å². The van der Waals surface area contributed by atoms with Crippen molar-refractivity contribution in [1.82, 2.24) is 15.1 Å². The topological polar surface area (TPSA) is 18.5 Å². The van der Waals surface area contributed by atoms with Crippen LogP contribution in [-0.2, 0) is 0 Å². The number of rotatable bonds is 5. The minimum Gasteiger partial charge on any atom is -0.313 e. The molecule has 0 aliphatic carbocycles. The second kappa shape index (κ2) is 8.35. The Morgan fingerprint density at radius 1 is 1.10 bits per heavy atom. The number of hydrogen-bond acceptors (Lipinski definition) is 3. The van der Waals surface area contributed by atoms with Gasteiger partial charge >= 0.3 is 0 Å². The fourth-order valence-electron chi connectivity index (χ4n) is 3.90. The fraction of sp³-hybridized carbons (Fsp3) is 1.00. The Balaban J connectivity index is 1.89. The standard InChI is InChI=1S/C17H35N3/c1-4-19-12-7-9-17(10-13-19)20(15(2)3)14-16-8-5-6-11-18-16/h15-18H,4-14H2,1-3H3. The van der Waals surface area contributed by atoms with Crippen LogP contribution >= 0.6 is 0 Å². The van der Waals surface area contributed by atoms with Crippen LogP contribution in [0.2, 0.25) is 0 Å². The van der Waals surface area contributed by atoms with Gasteiger partial charge in [0.05, 0.1) is 0 Å². The molecule has 0 saturated carbocycles. The van der Waals surface area contributed by atoms with Crippen molar-refractivity contribution >= 4 is 0 Å². The summed E-state index contributed by atoms with van der Waals surface area (Å²) in [5, 5.41) is 3.73. The van der Waals surface area contributed by atoms with E-state index in [0.29, 0.717) is 6.04 Å². The lowest BCUT2D eigenvalue weighted by molar-refractivity contribution is 0.116. The van der Waals surface area contributed by atoms with Crippen LogP contribution in [0.5, 0.6) is 0 Å². The number of nitrogens with one attached hydrogen (secondary N) is 1. The summed E-state index contributed by atoms with van der Waals surface area (Å²) in [6.07, 6.45) is 8.28. The van der Waals surface area contributed by atoms with Gasteiger partial charge in [-0.25, -0.2) is 0 Å². The van der Waals surface area contributed by atoms with Gasteiger partial charge in [0.1, 0.15) is 0 Å². The van der Waals surface area contributed by atoms with E-state index < -0.39 is 0 Å². The lowest BCUT2D eigenvalue weighted by Crippen LogP contribution is -2.50. The van der Waals surface area contributed by atoms with E-state index in [1.165, 1.54) is 71.2 Å². The average molecular weight is 281 g/mol. The predicted octanol–water partition coefficient (Wildman–Crippen LogP) is 2.71. The third kappa shape index (κ3) is 4.71. The molecule has 0 aromatic heterocycles. The summed E-state index contributed by atoms with van der Waals surface area (Å²) < 4.78 is 0. The molecule has 0 aromatic rings. The minimum atomic E-state index is 0.678. The molecule has 0 amide bonds. The molecule has 0 radical (unpaired) electrons. The van der Waals surface area contributed by atoms with E-state index in [0.717, 1.165) is 12.1 Å². The van der Waals surface area contributed by atoms with Crippen LogP contribution in [0, 0.1) is 0 Å². The normalized spacial score (nSPS) is 29.9. The van der Waals surface area contributed by atoms with Crippen molar-refractivity contribution < 1.29 is 0 Å². The maximum absolute atomic E-state index is 3.73. The molecule has 2 atom stereocenters. The van der Waals surface area contributed by atoms with Gasteiger partial charge in [-0.15, -0.1) is 0 Å². The Morgan fingerprint density at radius 2 is 1.95 bits per heavy atom. The molecule has 0 spiro atoms. The van der Waals surface area contributed by atoms with Crippen LogP contribution in [0.15, 0.2) is 0 Å². The highest BCUT2D eigenvalue weighted by molar-refractivity contribution is 4.84. The first kappa shape index (κ1) is 16.3. The van der Waals surface area contributed by atoms with Gasteiger partial charge in [0.15, 0.2) is 0 Å². The van der Waals surface area contributed by atoms with Crippen LogP contribution in [0.1, 0.15) is 59.3 Å². The van der Waals surface area contributed by atoms with Gasteiger partial charge in [0.2, 0.25) is 0 Å². The maximum atomic E-state index is 3.73. The summed E-state index contributed by atoms with van der Waals surface area (Å²) >= 11 is 0. The molecule has 2 heterocycles. The van der Waals surface area contributed by atoms with Gasteiger partial charge in [-0.1, -0.05) is 13.3 Å². The second-order valence-corrected chi connectivity index (χ2v) is 6.96. The molecule has 2 fully saturated rings. The maximum Gasteiger partial charge on any atom is 0.0195 e. The zero-order chi connectivity index (χ0) is 14.4. The molecule has 3 nitrogen and oxygen atoms in total. The Hall–Kier alpha value is -0.120. The molecule has 0 bridgehead atoms. The third-order valence-electron chi connectivity index (χ3n) is 5.21. The van der Waals surface area contributed by atoms with Gasteiger partial charge in [0, 0.05) is 24.7 Å². The Morgan fingerprint density at radius 3 is 2.60 bits per heavy atom. The minimum absolute atomic E-state index is 0.678. The molecule has 2 aliphatic heterocycles. The largest absolute Gasteiger partial charge is 0.313 e. The molecule has 2 rings (SSSR count). The molecule has 2 saturated heterocycles. The van der Waals surface area contributed by atoms with Gasteiger partial charge in [-0.3, -0.25) is 4.90 Å². The zero-order valence-electron chi connectivity index (χ0n) is 13.9. The van der Waals surface area contributed by atoms with E-state index >= 15 is 0 Å². The Bertz CT molecular complexity index is 261. The molecule has 1 N–H and O–H groups in total. The first-order valence-corrected chi connectivity index (χ1v) is 8.92. The summed E-state index contributed by atoms with van der Waals surface area (Å²) in [6, 6.07) is 2.21. The van der Waals surface area contributed by atoms with Crippen LogP contribution in [-0.4, -0.2) is 60.6 Å². The molecule has 0 aromatic carbocycles. The molecule has 20 heavy (non-hydrogen) atoms. The number of hydrogen-bond donors (Lipinski definition) is 1. The van der Waals surface area contributed by atoms with Gasteiger partial charge < -0.3 is 10.2 Å². The highest BCUT2D eigenvalue weighted by Crippen LogP contribution is 2.21. The number of nitrogens with zero attached hydrogens (tertiary/aromatic N) is 2. The highest BCUT2D eigenvalue weighted by atomic mass is 15.2. The second-order valence-electron chi connectivity index (χ2n) is 6.96. The third-order valence-corrected chi connectivity index (χ3v) is 5.21. The molecule has 2 aliphatic rings. The summed E-state index contributed by atoms with van der Waals surface area (Å²) in [7, 11) is 0. The average Bonchev–Trinajstić information content (AvgIpc) is 2.71. The van der Waals surface area contributed by atoms with E-state index in [2.05, 4.69) is 35.9 Å². The summed E-state index contributed by atoms with van der Waals surface area (Å²) in [6.45, 7) is 13.4. The van der Waals surface area contributed by atoms with E-state index in [1.807, 2.05) is 0 Å². The highest BCUT2D eigenvalue weighted by Gasteiger charge is 2.26. The van der Waals surface area contributed by atoms with E-state index in [1.54, 1.807) is 0 Å². The predicted molar refractivity (Wildman–Crippen MR) is 87.2 cm³/mol.